The van der Waals surface area contributed by atoms with Gasteiger partial charge in [-0.25, -0.2) is 0 Å². The molecule has 2 fully saturated rings. The highest BCUT2D eigenvalue weighted by atomic mass is 16.2. The minimum Gasteiger partial charge on any atom is -0.340 e. The predicted molar refractivity (Wildman–Crippen MR) is 83.8 cm³/mol. The van der Waals surface area contributed by atoms with Crippen LogP contribution in [0.1, 0.15) is 72.6 Å². The lowest BCUT2D eigenvalue weighted by Crippen LogP contribution is -2.70. The number of rotatable bonds is 4. The van der Waals surface area contributed by atoms with Gasteiger partial charge >= 0.3 is 0 Å². The maximum absolute atomic E-state index is 13.0. The molecule has 1 aliphatic carbocycles. The first-order valence-corrected chi connectivity index (χ1v) is 8.59. The van der Waals surface area contributed by atoms with E-state index >= 15 is 0 Å². The number of hydrogen-bond donors (Lipinski definition) is 1. The molecule has 0 bridgehead atoms. The first kappa shape index (κ1) is 16.3. The summed E-state index contributed by atoms with van der Waals surface area (Å²) in [5.74, 6) is 0.657. The fourth-order valence-corrected chi connectivity index (χ4v) is 3.97. The van der Waals surface area contributed by atoms with Crippen molar-refractivity contribution in [2.24, 2.45) is 5.92 Å². The molecule has 120 valence electrons. The molecule has 0 aromatic rings. The minimum absolute atomic E-state index is 0.00629. The molecule has 0 aromatic heterocycles. The topological polar surface area (TPSA) is 49.4 Å². The molecular weight excluding hydrogens is 264 g/mol. The molecular formula is C17H30N2O2. The lowest BCUT2D eigenvalue weighted by Gasteiger charge is -2.49. The number of carbonyl (C=O) groups is 2. The molecule has 0 spiro atoms. The third kappa shape index (κ3) is 2.95. The Kier molecular flexibility index (Phi) is 4.95. The van der Waals surface area contributed by atoms with Crippen molar-refractivity contribution >= 4 is 11.8 Å². The summed E-state index contributed by atoms with van der Waals surface area (Å²) in [5.41, 5.74) is -0.730. The zero-order valence-corrected chi connectivity index (χ0v) is 13.9. The summed E-state index contributed by atoms with van der Waals surface area (Å²) < 4.78 is 0. The molecule has 1 saturated carbocycles. The fourth-order valence-electron chi connectivity index (χ4n) is 3.97. The molecule has 1 N–H and O–H groups in total. The molecule has 0 radical (unpaired) electrons. The van der Waals surface area contributed by atoms with Gasteiger partial charge in [0.15, 0.2) is 0 Å². The molecule has 1 aliphatic heterocycles. The molecule has 0 aromatic carbocycles. The zero-order valence-electron chi connectivity index (χ0n) is 13.9. The second kappa shape index (κ2) is 6.37. The van der Waals surface area contributed by atoms with Crippen molar-refractivity contribution in [1.29, 1.82) is 0 Å². The van der Waals surface area contributed by atoms with E-state index in [1.54, 1.807) is 0 Å². The van der Waals surface area contributed by atoms with E-state index in [0.717, 1.165) is 6.42 Å². The summed E-state index contributed by atoms with van der Waals surface area (Å²) >= 11 is 0. The standard InChI is InChI=1S/C17H30N2O2/c1-5-14(13-10-8-7-9-11-13)19-12(3)15(20)18-17(4,6-2)16(19)21/h12-14H,5-11H2,1-4H3,(H,18,20). The Labute approximate surface area is 128 Å². The Morgan fingerprint density at radius 2 is 1.86 bits per heavy atom. The van der Waals surface area contributed by atoms with E-state index in [1.165, 1.54) is 32.1 Å². The van der Waals surface area contributed by atoms with Crippen LogP contribution < -0.4 is 5.32 Å². The van der Waals surface area contributed by atoms with Gasteiger partial charge in [0.2, 0.25) is 11.8 Å². The number of amides is 2. The van der Waals surface area contributed by atoms with Crippen molar-refractivity contribution in [3.63, 3.8) is 0 Å². The summed E-state index contributed by atoms with van der Waals surface area (Å²) in [6.45, 7) is 7.84. The van der Waals surface area contributed by atoms with Gasteiger partial charge in [-0.2, -0.15) is 0 Å². The van der Waals surface area contributed by atoms with Crippen molar-refractivity contribution in [3.05, 3.63) is 0 Å². The number of carbonyl (C=O) groups excluding carboxylic acids is 2. The fraction of sp³-hybridized carbons (Fsp3) is 0.882. The highest BCUT2D eigenvalue weighted by molar-refractivity contribution is 5.99. The average molecular weight is 294 g/mol. The number of piperazine rings is 1. The number of hydrogen-bond acceptors (Lipinski definition) is 2. The second-order valence-corrected chi connectivity index (χ2v) is 6.94. The lowest BCUT2D eigenvalue weighted by molar-refractivity contribution is -0.158. The molecule has 3 unspecified atom stereocenters. The monoisotopic (exact) mass is 294 g/mol. The smallest absolute Gasteiger partial charge is 0.248 e. The van der Waals surface area contributed by atoms with Crippen LogP contribution in [0.5, 0.6) is 0 Å². The molecule has 1 saturated heterocycles. The first-order chi connectivity index (χ1) is 9.94. The second-order valence-electron chi connectivity index (χ2n) is 6.94. The van der Waals surface area contributed by atoms with E-state index in [2.05, 4.69) is 12.2 Å². The maximum Gasteiger partial charge on any atom is 0.248 e. The van der Waals surface area contributed by atoms with Crippen LogP contribution in [0.4, 0.5) is 0 Å². The summed E-state index contributed by atoms with van der Waals surface area (Å²) in [6, 6.07) is -0.131. The molecule has 1 heterocycles. The zero-order chi connectivity index (χ0) is 15.6. The largest absolute Gasteiger partial charge is 0.340 e. The number of nitrogens with zero attached hydrogens (tertiary/aromatic N) is 1. The summed E-state index contributed by atoms with van der Waals surface area (Å²) in [7, 11) is 0. The summed E-state index contributed by atoms with van der Waals surface area (Å²) in [5, 5.41) is 2.92. The Bertz CT molecular complexity index is 404. The van der Waals surface area contributed by atoms with Gasteiger partial charge in [-0.3, -0.25) is 9.59 Å². The molecule has 2 aliphatic rings. The van der Waals surface area contributed by atoms with Gasteiger partial charge in [0.25, 0.3) is 0 Å². The quantitative estimate of drug-likeness (QED) is 0.866. The molecule has 2 rings (SSSR count). The molecule has 4 nitrogen and oxygen atoms in total. The molecule has 3 atom stereocenters. The third-order valence-electron chi connectivity index (χ3n) is 5.58. The van der Waals surface area contributed by atoms with Crippen LogP contribution in [-0.4, -0.2) is 34.3 Å². The van der Waals surface area contributed by atoms with Gasteiger partial charge in [-0.1, -0.05) is 33.1 Å². The minimum atomic E-state index is -0.730. The molecule has 4 heteroatoms. The van der Waals surface area contributed by atoms with Gasteiger partial charge in [0.1, 0.15) is 11.6 Å². The van der Waals surface area contributed by atoms with Gasteiger partial charge < -0.3 is 10.2 Å². The lowest BCUT2D eigenvalue weighted by atomic mass is 9.80. The van der Waals surface area contributed by atoms with E-state index < -0.39 is 5.54 Å². The predicted octanol–water partition coefficient (Wildman–Crippen LogP) is 2.86. The van der Waals surface area contributed by atoms with E-state index in [4.69, 9.17) is 0 Å². The highest BCUT2D eigenvalue weighted by Gasteiger charge is 2.48. The van der Waals surface area contributed by atoms with Gasteiger partial charge in [0, 0.05) is 6.04 Å². The van der Waals surface area contributed by atoms with Crippen LogP contribution in [0.2, 0.25) is 0 Å². The van der Waals surface area contributed by atoms with Crippen LogP contribution >= 0.6 is 0 Å². The van der Waals surface area contributed by atoms with Crippen LogP contribution in [0.25, 0.3) is 0 Å². The Morgan fingerprint density at radius 1 is 1.24 bits per heavy atom. The van der Waals surface area contributed by atoms with Gasteiger partial charge in [0.05, 0.1) is 0 Å². The van der Waals surface area contributed by atoms with E-state index in [1.807, 2.05) is 25.7 Å². The van der Waals surface area contributed by atoms with Crippen molar-refractivity contribution in [3.8, 4) is 0 Å². The van der Waals surface area contributed by atoms with Gasteiger partial charge in [-0.15, -0.1) is 0 Å². The third-order valence-corrected chi connectivity index (χ3v) is 5.58. The highest BCUT2D eigenvalue weighted by Crippen LogP contribution is 2.34. The number of nitrogens with one attached hydrogen (secondary N) is 1. The normalized spacial score (nSPS) is 33.0. The Hall–Kier alpha value is -1.06. The van der Waals surface area contributed by atoms with Crippen LogP contribution in [-0.2, 0) is 9.59 Å². The Balaban J connectivity index is 2.27. The molecule has 2 amide bonds. The average Bonchev–Trinajstić information content (AvgIpc) is 2.50. The van der Waals surface area contributed by atoms with Crippen molar-refractivity contribution in [2.45, 2.75) is 90.3 Å². The van der Waals surface area contributed by atoms with Crippen molar-refractivity contribution < 1.29 is 9.59 Å². The van der Waals surface area contributed by atoms with E-state index in [-0.39, 0.29) is 23.9 Å². The Morgan fingerprint density at radius 3 is 2.38 bits per heavy atom. The van der Waals surface area contributed by atoms with Crippen LogP contribution in [0.3, 0.4) is 0 Å². The first-order valence-electron chi connectivity index (χ1n) is 8.59. The van der Waals surface area contributed by atoms with Gasteiger partial charge in [-0.05, 0) is 45.4 Å². The van der Waals surface area contributed by atoms with E-state index in [0.29, 0.717) is 12.3 Å². The van der Waals surface area contributed by atoms with Crippen LogP contribution in [0.15, 0.2) is 0 Å². The maximum atomic E-state index is 13.0. The SMILES string of the molecule is CCC(C1CCCCC1)N1C(=O)C(C)(CC)NC(=O)C1C. The molecule has 21 heavy (non-hydrogen) atoms. The summed E-state index contributed by atoms with van der Waals surface area (Å²) in [4.78, 5) is 27.2. The van der Waals surface area contributed by atoms with E-state index in [9.17, 15) is 9.59 Å². The van der Waals surface area contributed by atoms with Crippen molar-refractivity contribution in [1.82, 2.24) is 10.2 Å². The van der Waals surface area contributed by atoms with Crippen molar-refractivity contribution in [2.75, 3.05) is 0 Å². The summed E-state index contributed by atoms with van der Waals surface area (Å²) in [6.07, 6.45) is 7.79. The van der Waals surface area contributed by atoms with Crippen LogP contribution in [0, 0.1) is 5.92 Å².